The summed E-state index contributed by atoms with van der Waals surface area (Å²) in [6.07, 6.45) is 4.53. The van der Waals surface area contributed by atoms with Crippen molar-refractivity contribution in [3.05, 3.63) is 12.3 Å². The van der Waals surface area contributed by atoms with Gasteiger partial charge in [-0.15, -0.1) is 0 Å². The molecule has 0 saturated heterocycles. The number of nitrogens with two attached hydrogens (primary N) is 1. The van der Waals surface area contributed by atoms with Gasteiger partial charge >= 0.3 is 0 Å². The summed E-state index contributed by atoms with van der Waals surface area (Å²) in [5.41, 5.74) is 5.16. The van der Waals surface area contributed by atoms with Crippen molar-refractivity contribution in [2.45, 2.75) is 6.42 Å². The maximum atomic E-state index is 10.8. The summed E-state index contributed by atoms with van der Waals surface area (Å²) >= 11 is 0. The second-order valence-electron chi connectivity index (χ2n) is 2.94. The molecule has 1 heterocycles. The lowest BCUT2D eigenvalue weighted by Gasteiger charge is -2.27. The zero-order chi connectivity index (χ0) is 8.97. The van der Waals surface area contributed by atoms with Crippen LogP contribution in [0.5, 0.6) is 0 Å². The van der Waals surface area contributed by atoms with Gasteiger partial charge in [-0.3, -0.25) is 4.79 Å². The number of carbonyl (C=O) groups excluding carboxylic acids is 1. The second-order valence-corrected chi connectivity index (χ2v) is 2.94. The minimum atomic E-state index is -0.262. The third-order valence-corrected chi connectivity index (χ3v) is 1.98. The van der Waals surface area contributed by atoms with Crippen molar-refractivity contribution in [3.63, 3.8) is 0 Å². The SMILES string of the molecule is NC(=O)C1CC=CN(CCO)C1. The molecule has 1 aliphatic heterocycles. The van der Waals surface area contributed by atoms with Gasteiger partial charge in [0.1, 0.15) is 0 Å². The van der Waals surface area contributed by atoms with Gasteiger partial charge in [-0.2, -0.15) is 0 Å². The molecule has 0 aliphatic carbocycles. The summed E-state index contributed by atoms with van der Waals surface area (Å²) in [5, 5.41) is 8.65. The highest BCUT2D eigenvalue weighted by Crippen LogP contribution is 2.12. The van der Waals surface area contributed by atoms with E-state index in [-0.39, 0.29) is 18.4 Å². The highest BCUT2D eigenvalue weighted by atomic mass is 16.3. The molecular weight excluding hydrogens is 156 g/mol. The fraction of sp³-hybridized carbons (Fsp3) is 0.625. The van der Waals surface area contributed by atoms with E-state index in [4.69, 9.17) is 10.8 Å². The van der Waals surface area contributed by atoms with Crippen molar-refractivity contribution in [1.29, 1.82) is 0 Å². The van der Waals surface area contributed by atoms with Crippen molar-refractivity contribution in [2.24, 2.45) is 11.7 Å². The van der Waals surface area contributed by atoms with Gasteiger partial charge < -0.3 is 15.7 Å². The van der Waals surface area contributed by atoms with Crippen LogP contribution >= 0.6 is 0 Å². The van der Waals surface area contributed by atoms with E-state index in [1.807, 2.05) is 17.2 Å². The van der Waals surface area contributed by atoms with Crippen LogP contribution in [0, 0.1) is 5.92 Å². The van der Waals surface area contributed by atoms with Gasteiger partial charge in [0.05, 0.1) is 12.5 Å². The molecule has 1 rings (SSSR count). The average molecular weight is 170 g/mol. The van der Waals surface area contributed by atoms with Gasteiger partial charge in [-0.25, -0.2) is 0 Å². The zero-order valence-corrected chi connectivity index (χ0v) is 6.94. The molecule has 12 heavy (non-hydrogen) atoms. The van der Waals surface area contributed by atoms with Crippen LogP contribution in [0.3, 0.4) is 0 Å². The molecule has 0 bridgehead atoms. The van der Waals surface area contributed by atoms with E-state index >= 15 is 0 Å². The molecule has 1 amide bonds. The summed E-state index contributed by atoms with van der Waals surface area (Å²) < 4.78 is 0. The van der Waals surface area contributed by atoms with Crippen LogP contribution in [0.25, 0.3) is 0 Å². The van der Waals surface area contributed by atoms with E-state index in [0.29, 0.717) is 13.1 Å². The smallest absolute Gasteiger partial charge is 0.222 e. The highest BCUT2D eigenvalue weighted by molar-refractivity contribution is 5.77. The Labute approximate surface area is 71.7 Å². The highest BCUT2D eigenvalue weighted by Gasteiger charge is 2.19. The first-order valence-electron chi connectivity index (χ1n) is 4.05. The molecule has 0 saturated carbocycles. The Bertz CT molecular complexity index is 191. The Balaban J connectivity index is 2.45. The van der Waals surface area contributed by atoms with Gasteiger partial charge in [0.15, 0.2) is 0 Å². The van der Waals surface area contributed by atoms with Gasteiger partial charge in [-0.1, -0.05) is 6.08 Å². The summed E-state index contributed by atoms with van der Waals surface area (Å²) in [6, 6.07) is 0. The van der Waals surface area contributed by atoms with E-state index < -0.39 is 0 Å². The van der Waals surface area contributed by atoms with Crippen LogP contribution in [-0.2, 0) is 4.79 Å². The van der Waals surface area contributed by atoms with E-state index in [1.54, 1.807) is 0 Å². The maximum Gasteiger partial charge on any atom is 0.222 e. The standard InChI is InChI=1S/C8H14N2O2/c9-8(12)7-2-1-3-10(6-7)4-5-11/h1,3,7,11H,2,4-6H2,(H2,9,12). The van der Waals surface area contributed by atoms with Crippen LogP contribution < -0.4 is 5.73 Å². The number of allylic oxidation sites excluding steroid dienone is 1. The number of aliphatic hydroxyl groups is 1. The molecule has 68 valence electrons. The number of primary amides is 1. The molecule has 1 aliphatic rings. The number of carbonyl (C=O) groups is 1. The second kappa shape index (κ2) is 4.11. The quantitative estimate of drug-likeness (QED) is 0.588. The van der Waals surface area contributed by atoms with Gasteiger partial charge in [0, 0.05) is 13.1 Å². The molecule has 0 aromatic heterocycles. The molecule has 1 atom stereocenters. The van der Waals surface area contributed by atoms with Crippen LogP contribution in [0.1, 0.15) is 6.42 Å². The predicted octanol–water partition coefficient (Wildman–Crippen LogP) is -0.700. The van der Waals surface area contributed by atoms with Crippen molar-refractivity contribution in [3.8, 4) is 0 Å². The normalized spacial score (nSPS) is 22.8. The fourth-order valence-electron chi connectivity index (χ4n) is 1.29. The molecule has 0 radical (unpaired) electrons. The minimum Gasteiger partial charge on any atom is -0.395 e. The molecule has 3 N–H and O–H groups in total. The average Bonchev–Trinajstić information content (AvgIpc) is 2.05. The first-order chi connectivity index (χ1) is 5.74. The molecule has 4 nitrogen and oxygen atoms in total. The van der Waals surface area contributed by atoms with Gasteiger partial charge in [0.25, 0.3) is 0 Å². The molecule has 4 heteroatoms. The Morgan fingerprint density at radius 1 is 1.75 bits per heavy atom. The summed E-state index contributed by atoms with van der Waals surface area (Å²) in [7, 11) is 0. The van der Waals surface area contributed by atoms with Crippen molar-refractivity contribution >= 4 is 5.91 Å². The van der Waals surface area contributed by atoms with E-state index in [2.05, 4.69) is 0 Å². The Morgan fingerprint density at radius 2 is 2.50 bits per heavy atom. The van der Waals surface area contributed by atoms with Gasteiger partial charge in [0.2, 0.25) is 5.91 Å². The van der Waals surface area contributed by atoms with Crippen LogP contribution in [0.2, 0.25) is 0 Å². The molecule has 1 unspecified atom stereocenters. The largest absolute Gasteiger partial charge is 0.395 e. The lowest BCUT2D eigenvalue weighted by molar-refractivity contribution is -0.122. The Hall–Kier alpha value is -1.03. The molecule has 0 spiro atoms. The molecular formula is C8H14N2O2. The Kier molecular flexibility index (Phi) is 3.10. The van der Waals surface area contributed by atoms with Crippen molar-refractivity contribution < 1.29 is 9.90 Å². The van der Waals surface area contributed by atoms with Gasteiger partial charge in [-0.05, 0) is 12.6 Å². The Morgan fingerprint density at radius 3 is 3.08 bits per heavy atom. The fourth-order valence-corrected chi connectivity index (χ4v) is 1.29. The van der Waals surface area contributed by atoms with Crippen LogP contribution in [-0.4, -0.2) is 35.6 Å². The third-order valence-electron chi connectivity index (χ3n) is 1.98. The number of nitrogens with zero attached hydrogens (tertiary/aromatic N) is 1. The minimum absolute atomic E-state index is 0.0958. The number of amides is 1. The summed E-state index contributed by atoms with van der Waals surface area (Å²) in [6.45, 7) is 1.31. The monoisotopic (exact) mass is 170 g/mol. The van der Waals surface area contributed by atoms with E-state index in [0.717, 1.165) is 6.42 Å². The number of β-amino-alcohol motifs (C(OH)–C–C–N with tert-alkyl or cyclic N) is 1. The van der Waals surface area contributed by atoms with Crippen LogP contribution in [0.15, 0.2) is 12.3 Å². The zero-order valence-electron chi connectivity index (χ0n) is 6.94. The number of hydrogen-bond acceptors (Lipinski definition) is 3. The number of rotatable bonds is 3. The lowest BCUT2D eigenvalue weighted by Crippen LogP contribution is -2.37. The molecule has 0 aromatic carbocycles. The molecule has 0 fully saturated rings. The van der Waals surface area contributed by atoms with Crippen molar-refractivity contribution in [1.82, 2.24) is 4.90 Å². The maximum absolute atomic E-state index is 10.8. The summed E-state index contributed by atoms with van der Waals surface area (Å²) in [4.78, 5) is 12.7. The molecule has 0 aromatic rings. The van der Waals surface area contributed by atoms with E-state index in [1.165, 1.54) is 0 Å². The predicted molar refractivity (Wildman–Crippen MR) is 45.1 cm³/mol. The summed E-state index contributed by atoms with van der Waals surface area (Å²) in [5.74, 6) is -0.358. The van der Waals surface area contributed by atoms with Crippen LogP contribution in [0.4, 0.5) is 0 Å². The third kappa shape index (κ3) is 2.23. The topological polar surface area (TPSA) is 66.6 Å². The number of hydrogen-bond donors (Lipinski definition) is 2. The number of aliphatic hydroxyl groups excluding tert-OH is 1. The first kappa shape index (κ1) is 9.06. The van der Waals surface area contributed by atoms with E-state index in [9.17, 15) is 4.79 Å². The first-order valence-corrected chi connectivity index (χ1v) is 4.05. The lowest BCUT2D eigenvalue weighted by atomic mass is 10.0. The van der Waals surface area contributed by atoms with Crippen molar-refractivity contribution in [2.75, 3.05) is 19.7 Å².